The molecule has 0 bridgehead atoms. The van der Waals surface area contributed by atoms with E-state index in [4.69, 9.17) is 4.74 Å². The van der Waals surface area contributed by atoms with Crippen LogP contribution in [0.1, 0.15) is 50.0 Å². The van der Waals surface area contributed by atoms with Gasteiger partial charge in [-0.2, -0.15) is 0 Å². The van der Waals surface area contributed by atoms with Crippen LogP contribution >= 0.6 is 0 Å². The Morgan fingerprint density at radius 2 is 1.92 bits per heavy atom. The van der Waals surface area contributed by atoms with Crippen LogP contribution in [0.3, 0.4) is 0 Å². The van der Waals surface area contributed by atoms with Gasteiger partial charge in [-0.15, -0.1) is 0 Å². The van der Waals surface area contributed by atoms with Gasteiger partial charge in [0, 0.05) is 26.1 Å². The first kappa shape index (κ1) is 16.9. The van der Waals surface area contributed by atoms with E-state index in [1.54, 1.807) is 0 Å². The van der Waals surface area contributed by atoms with E-state index in [1.807, 2.05) is 12.1 Å². The minimum Gasteiger partial charge on any atom is -0.493 e. The number of amides is 1. The third-order valence-electron chi connectivity index (χ3n) is 6.11. The molecule has 4 heteroatoms. The fourth-order valence-electron chi connectivity index (χ4n) is 4.68. The van der Waals surface area contributed by atoms with Crippen LogP contribution in [0.25, 0.3) is 0 Å². The van der Waals surface area contributed by atoms with E-state index in [1.165, 1.54) is 50.9 Å². The molecule has 136 valence electrons. The Labute approximate surface area is 151 Å². The molecule has 2 saturated heterocycles. The average Bonchev–Trinajstić information content (AvgIpc) is 3.11. The number of carbonyl (C=O) groups is 1. The first-order valence-corrected chi connectivity index (χ1v) is 10.0. The molecule has 0 spiro atoms. The van der Waals surface area contributed by atoms with Gasteiger partial charge in [0.15, 0.2) is 0 Å². The molecule has 4 nitrogen and oxygen atoms in total. The first-order valence-electron chi connectivity index (χ1n) is 10.0. The number of piperidine rings is 1. The summed E-state index contributed by atoms with van der Waals surface area (Å²) in [6, 6.07) is 8.20. The molecular weight excluding hydrogens is 312 g/mol. The number of ether oxygens (including phenoxy) is 1. The summed E-state index contributed by atoms with van der Waals surface area (Å²) in [7, 11) is 0. The molecule has 1 aromatic carbocycles. The van der Waals surface area contributed by atoms with Gasteiger partial charge >= 0.3 is 0 Å². The lowest BCUT2D eigenvalue weighted by Gasteiger charge is -2.29. The van der Waals surface area contributed by atoms with E-state index in [0.717, 1.165) is 31.9 Å². The van der Waals surface area contributed by atoms with Gasteiger partial charge in [-0.05, 0) is 62.2 Å². The van der Waals surface area contributed by atoms with Gasteiger partial charge < -0.3 is 14.5 Å². The molecule has 3 aliphatic rings. The molecule has 0 saturated carbocycles. The first-order chi connectivity index (χ1) is 12.3. The van der Waals surface area contributed by atoms with Gasteiger partial charge in [0.05, 0.1) is 6.61 Å². The van der Waals surface area contributed by atoms with E-state index in [0.29, 0.717) is 24.2 Å². The van der Waals surface area contributed by atoms with Crippen molar-refractivity contribution in [3.05, 3.63) is 29.8 Å². The van der Waals surface area contributed by atoms with Gasteiger partial charge in [-0.3, -0.25) is 4.79 Å². The summed E-state index contributed by atoms with van der Waals surface area (Å²) in [5.41, 5.74) is 1.21. The molecule has 2 atom stereocenters. The van der Waals surface area contributed by atoms with Crippen LogP contribution in [-0.4, -0.2) is 55.0 Å². The highest BCUT2D eigenvalue weighted by molar-refractivity contribution is 5.77. The summed E-state index contributed by atoms with van der Waals surface area (Å²) >= 11 is 0. The Bertz CT molecular complexity index is 597. The fraction of sp³-hybridized carbons (Fsp3) is 0.667. The molecule has 25 heavy (non-hydrogen) atoms. The van der Waals surface area contributed by atoms with Crippen LogP contribution in [0.4, 0.5) is 0 Å². The molecule has 0 aromatic heterocycles. The topological polar surface area (TPSA) is 32.8 Å². The number of carbonyl (C=O) groups excluding carboxylic acids is 1. The number of nitrogens with zero attached hydrogens (tertiary/aromatic N) is 2. The standard InChI is InChI=1S/C21H30N2O2/c24-21(14-18-9-13-25-20-7-3-2-6-19(18)20)23-12-8-17(16-23)15-22-10-4-1-5-11-22/h2-3,6-7,17-18H,1,4-5,8-16H2/t17-,18-/m0/s1. The Morgan fingerprint density at radius 1 is 1.08 bits per heavy atom. The normalized spacial score (nSPS) is 27.0. The molecule has 1 aromatic rings. The van der Waals surface area contributed by atoms with E-state index in [9.17, 15) is 4.79 Å². The monoisotopic (exact) mass is 342 g/mol. The van der Waals surface area contributed by atoms with Crippen molar-refractivity contribution in [3.8, 4) is 5.75 Å². The molecular formula is C21H30N2O2. The molecule has 4 rings (SSSR count). The van der Waals surface area contributed by atoms with Gasteiger partial charge in [-0.25, -0.2) is 0 Å². The second-order valence-corrected chi connectivity index (χ2v) is 7.93. The number of para-hydroxylation sites is 1. The van der Waals surface area contributed by atoms with E-state index < -0.39 is 0 Å². The van der Waals surface area contributed by atoms with Crippen LogP contribution in [0.15, 0.2) is 24.3 Å². The van der Waals surface area contributed by atoms with Gasteiger partial charge in [0.2, 0.25) is 5.91 Å². The number of fused-ring (bicyclic) bond motifs is 1. The average molecular weight is 342 g/mol. The lowest BCUT2D eigenvalue weighted by molar-refractivity contribution is -0.130. The number of hydrogen-bond donors (Lipinski definition) is 0. The van der Waals surface area contributed by atoms with Crippen LogP contribution < -0.4 is 4.74 Å². The Hall–Kier alpha value is -1.55. The Balaban J connectivity index is 1.30. The Morgan fingerprint density at radius 3 is 2.80 bits per heavy atom. The van der Waals surface area contributed by atoms with Crippen LogP contribution in [-0.2, 0) is 4.79 Å². The highest BCUT2D eigenvalue weighted by Crippen LogP contribution is 2.36. The molecule has 3 heterocycles. The molecule has 1 amide bonds. The SMILES string of the molecule is O=C(C[C@@H]1CCOc2ccccc21)N1CC[C@@H](CN2CCCCC2)C1. The Kier molecular flexibility index (Phi) is 5.25. The van der Waals surface area contributed by atoms with Crippen molar-refractivity contribution in [3.63, 3.8) is 0 Å². The molecule has 0 radical (unpaired) electrons. The lowest BCUT2D eigenvalue weighted by Crippen LogP contribution is -2.36. The quantitative estimate of drug-likeness (QED) is 0.842. The van der Waals surface area contributed by atoms with Gasteiger partial charge in [0.25, 0.3) is 0 Å². The number of likely N-dealkylation sites (tertiary alicyclic amines) is 2. The summed E-state index contributed by atoms with van der Waals surface area (Å²) in [5.74, 6) is 2.29. The summed E-state index contributed by atoms with van der Waals surface area (Å²) in [4.78, 5) is 17.6. The summed E-state index contributed by atoms with van der Waals surface area (Å²) < 4.78 is 5.73. The fourth-order valence-corrected chi connectivity index (χ4v) is 4.68. The summed E-state index contributed by atoms with van der Waals surface area (Å²) in [5, 5.41) is 0. The van der Waals surface area contributed by atoms with Crippen molar-refractivity contribution < 1.29 is 9.53 Å². The maximum atomic E-state index is 12.8. The third kappa shape index (κ3) is 4.00. The smallest absolute Gasteiger partial charge is 0.223 e. The highest BCUT2D eigenvalue weighted by atomic mass is 16.5. The predicted molar refractivity (Wildman–Crippen MR) is 98.9 cm³/mol. The number of hydrogen-bond acceptors (Lipinski definition) is 3. The van der Waals surface area contributed by atoms with Crippen LogP contribution in [0.5, 0.6) is 5.75 Å². The maximum Gasteiger partial charge on any atom is 0.223 e. The van der Waals surface area contributed by atoms with Crippen molar-refractivity contribution in [1.82, 2.24) is 9.80 Å². The largest absolute Gasteiger partial charge is 0.493 e. The minimum absolute atomic E-state index is 0.318. The second kappa shape index (κ2) is 7.77. The number of benzene rings is 1. The predicted octanol–water partition coefficient (Wildman–Crippen LogP) is 3.28. The van der Waals surface area contributed by atoms with Crippen LogP contribution in [0.2, 0.25) is 0 Å². The van der Waals surface area contributed by atoms with E-state index >= 15 is 0 Å². The summed E-state index contributed by atoms with van der Waals surface area (Å²) in [6.45, 7) is 6.32. The summed E-state index contributed by atoms with van der Waals surface area (Å²) in [6.07, 6.45) is 6.84. The van der Waals surface area contributed by atoms with Crippen molar-refractivity contribution in [2.45, 2.75) is 44.4 Å². The van der Waals surface area contributed by atoms with Crippen molar-refractivity contribution in [2.75, 3.05) is 39.3 Å². The zero-order valence-corrected chi connectivity index (χ0v) is 15.2. The van der Waals surface area contributed by atoms with Crippen molar-refractivity contribution in [1.29, 1.82) is 0 Å². The van der Waals surface area contributed by atoms with Gasteiger partial charge in [-0.1, -0.05) is 24.6 Å². The minimum atomic E-state index is 0.318. The van der Waals surface area contributed by atoms with Gasteiger partial charge in [0.1, 0.15) is 5.75 Å². The van der Waals surface area contributed by atoms with E-state index in [-0.39, 0.29) is 0 Å². The molecule has 3 aliphatic heterocycles. The molecule has 0 aliphatic carbocycles. The van der Waals surface area contributed by atoms with Crippen LogP contribution in [0, 0.1) is 5.92 Å². The lowest BCUT2D eigenvalue weighted by atomic mass is 9.90. The third-order valence-corrected chi connectivity index (χ3v) is 6.11. The molecule has 2 fully saturated rings. The molecule has 0 unspecified atom stereocenters. The zero-order valence-electron chi connectivity index (χ0n) is 15.2. The maximum absolute atomic E-state index is 12.8. The second-order valence-electron chi connectivity index (χ2n) is 7.93. The van der Waals surface area contributed by atoms with Crippen molar-refractivity contribution >= 4 is 5.91 Å². The van der Waals surface area contributed by atoms with Crippen molar-refractivity contribution in [2.24, 2.45) is 5.92 Å². The highest BCUT2D eigenvalue weighted by Gasteiger charge is 2.31. The van der Waals surface area contributed by atoms with E-state index in [2.05, 4.69) is 21.9 Å². The zero-order chi connectivity index (χ0) is 17.1. The number of rotatable bonds is 4. The molecule has 0 N–H and O–H groups in total.